The minimum atomic E-state index is -4.14. The highest BCUT2D eigenvalue weighted by atomic mass is 31.2. The van der Waals surface area contributed by atoms with E-state index >= 15 is 0 Å². The first-order valence-electron chi connectivity index (χ1n) is 6.29. The topological polar surface area (TPSA) is 94.2 Å². The molecule has 0 radical (unpaired) electrons. The fourth-order valence-corrected chi connectivity index (χ4v) is 3.46. The molecule has 104 valence electrons. The van der Waals surface area contributed by atoms with Crippen molar-refractivity contribution in [1.82, 2.24) is 4.98 Å². The number of aryl methyl sites for hydroxylation is 1. The van der Waals surface area contributed by atoms with Crippen molar-refractivity contribution in [1.29, 1.82) is 5.26 Å². The number of hydrogen-bond donors (Lipinski definition) is 2. The fourth-order valence-electron chi connectivity index (χ4n) is 2.23. The Balaban J connectivity index is 2.89. The van der Waals surface area contributed by atoms with Crippen LogP contribution >= 0.6 is 7.60 Å². The first-order chi connectivity index (χ1) is 8.88. The molecule has 0 saturated carbocycles. The molecule has 0 aliphatic heterocycles. The van der Waals surface area contributed by atoms with Crippen LogP contribution in [0.25, 0.3) is 0 Å². The number of rotatable bonds is 6. The third kappa shape index (κ3) is 3.63. The maximum Gasteiger partial charge on any atom is 0.331 e. The molecule has 5 nitrogen and oxygen atoms in total. The molecule has 1 aromatic rings. The van der Waals surface area contributed by atoms with Crippen molar-refractivity contribution >= 4 is 7.60 Å². The minimum Gasteiger partial charge on any atom is -0.324 e. The summed E-state index contributed by atoms with van der Waals surface area (Å²) in [5.74, 6) is 0. The lowest BCUT2D eigenvalue weighted by Gasteiger charge is -2.32. The lowest BCUT2D eigenvalue weighted by Crippen LogP contribution is -2.28. The Hall–Kier alpha value is -1.21. The van der Waals surface area contributed by atoms with Crippen LogP contribution in [0.2, 0.25) is 0 Å². The Morgan fingerprint density at radius 2 is 2.05 bits per heavy atom. The monoisotopic (exact) mass is 282 g/mol. The van der Waals surface area contributed by atoms with E-state index in [2.05, 4.69) is 4.98 Å². The lowest BCUT2D eigenvalue weighted by atomic mass is 9.94. The van der Waals surface area contributed by atoms with Gasteiger partial charge >= 0.3 is 7.60 Å². The van der Waals surface area contributed by atoms with Crippen molar-refractivity contribution in [3.8, 4) is 6.07 Å². The van der Waals surface area contributed by atoms with Gasteiger partial charge in [-0.05, 0) is 43.4 Å². The van der Waals surface area contributed by atoms with Crippen LogP contribution in [-0.2, 0) is 11.0 Å². The van der Waals surface area contributed by atoms with Crippen LogP contribution in [0.3, 0.4) is 0 Å². The fraction of sp³-hybridized carbons (Fsp3) is 0.538. The maximum atomic E-state index is 11.7. The maximum absolute atomic E-state index is 11.7. The van der Waals surface area contributed by atoms with Crippen LogP contribution in [0, 0.1) is 11.3 Å². The molecule has 6 heteroatoms. The van der Waals surface area contributed by atoms with E-state index in [1.54, 1.807) is 32.2 Å². The highest BCUT2D eigenvalue weighted by Gasteiger charge is 2.42. The summed E-state index contributed by atoms with van der Waals surface area (Å²) < 4.78 is 11.7. The van der Waals surface area contributed by atoms with Crippen LogP contribution in [0.4, 0.5) is 0 Å². The van der Waals surface area contributed by atoms with Gasteiger partial charge in [0.05, 0.1) is 5.16 Å². The van der Waals surface area contributed by atoms with Gasteiger partial charge in [-0.2, -0.15) is 5.26 Å². The largest absolute Gasteiger partial charge is 0.331 e. The molecule has 0 unspecified atom stereocenters. The normalized spacial score (nSPS) is 12.2. The Kier molecular flexibility index (Phi) is 5.25. The zero-order valence-electron chi connectivity index (χ0n) is 11.2. The molecule has 1 aromatic heterocycles. The number of nitrogens with zero attached hydrogens (tertiary/aromatic N) is 2. The van der Waals surface area contributed by atoms with E-state index in [1.165, 1.54) is 0 Å². The average Bonchev–Trinajstić information content (AvgIpc) is 2.39. The summed E-state index contributed by atoms with van der Waals surface area (Å²) in [6.07, 6.45) is 3.35. The summed E-state index contributed by atoms with van der Waals surface area (Å²) in [6, 6.07) is 5.39. The van der Waals surface area contributed by atoms with Gasteiger partial charge in [0.25, 0.3) is 0 Å². The predicted octanol–water partition coefficient (Wildman–Crippen LogP) is 2.62. The second kappa shape index (κ2) is 6.29. The van der Waals surface area contributed by atoms with Crippen molar-refractivity contribution < 1.29 is 14.4 Å². The van der Waals surface area contributed by atoms with Crippen LogP contribution in [0.1, 0.15) is 44.4 Å². The van der Waals surface area contributed by atoms with E-state index in [-0.39, 0.29) is 0 Å². The van der Waals surface area contributed by atoms with Crippen molar-refractivity contribution in [3.05, 3.63) is 29.6 Å². The quantitative estimate of drug-likeness (QED) is 0.782. The molecule has 0 saturated heterocycles. The number of nitriles is 1. The number of hydrogen-bond acceptors (Lipinski definition) is 3. The van der Waals surface area contributed by atoms with Crippen LogP contribution in [0.15, 0.2) is 18.3 Å². The molecule has 0 amide bonds. The van der Waals surface area contributed by atoms with Gasteiger partial charge in [-0.3, -0.25) is 4.57 Å². The summed E-state index contributed by atoms with van der Waals surface area (Å²) in [4.78, 5) is 23.0. The van der Waals surface area contributed by atoms with E-state index in [1.807, 2.05) is 6.07 Å². The summed E-state index contributed by atoms with van der Waals surface area (Å²) in [6.45, 7) is 3.60. The first kappa shape index (κ1) is 15.8. The van der Waals surface area contributed by atoms with Gasteiger partial charge in [-0.1, -0.05) is 13.8 Å². The number of pyridine rings is 1. The zero-order valence-corrected chi connectivity index (χ0v) is 12.1. The van der Waals surface area contributed by atoms with Crippen LogP contribution < -0.4 is 0 Å². The molecular weight excluding hydrogens is 263 g/mol. The van der Waals surface area contributed by atoms with Crippen LogP contribution in [0.5, 0.6) is 0 Å². The SMILES string of the molecule is CCC(CC)(CCc1ccnc(C#N)c1)P(=O)(O)O. The zero-order chi connectivity index (χ0) is 14.5. The van der Waals surface area contributed by atoms with Gasteiger partial charge in [-0.15, -0.1) is 0 Å². The highest BCUT2D eigenvalue weighted by Crippen LogP contribution is 2.56. The molecular formula is C13H19N2O3P. The predicted molar refractivity (Wildman–Crippen MR) is 72.6 cm³/mol. The summed E-state index contributed by atoms with van der Waals surface area (Å²) >= 11 is 0. The number of aromatic nitrogens is 1. The van der Waals surface area contributed by atoms with E-state index in [0.717, 1.165) is 5.56 Å². The summed E-state index contributed by atoms with van der Waals surface area (Å²) in [7, 11) is -4.14. The van der Waals surface area contributed by atoms with Crippen molar-refractivity contribution in [2.75, 3.05) is 0 Å². The van der Waals surface area contributed by atoms with Crippen molar-refractivity contribution in [2.45, 2.75) is 44.7 Å². The average molecular weight is 282 g/mol. The standard InChI is InChI=1S/C13H19N2O3P/c1-3-13(4-2,19(16,17)18)7-5-11-6-8-15-12(9-11)10-14/h6,8-9H,3-5,7H2,1-2H3,(H2,16,17,18). The molecule has 0 spiro atoms. The Morgan fingerprint density at radius 1 is 1.42 bits per heavy atom. The smallest absolute Gasteiger partial charge is 0.324 e. The Morgan fingerprint density at radius 3 is 2.53 bits per heavy atom. The molecule has 2 N–H and O–H groups in total. The van der Waals surface area contributed by atoms with Gasteiger partial charge in [0, 0.05) is 6.20 Å². The van der Waals surface area contributed by atoms with Gasteiger partial charge in [0.15, 0.2) is 0 Å². The van der Waals surface area contributed by atoms with E-state index in [0.29, 0.717) is 31.4 Å². The van der Waals surface area contributed by atoms with Gasteiger partial charge in [0.2, 0.25) is 0 Å². The van der Waals surface area contributed by atoms with E-state index in [4.69, 9.17) is 5.26 Å². The summed E-state index contributed by atoms with van der Waals surface area (Å²) in [5.41, 5.74) is 1.21. The molecule has 0 fully saturated rings. The third-order valence-corrected chi connectivity index (χ3v) is 5.84. The van der Waals surface area contributed by atoms with Crippen LogP contribution in [-0.4, -0.2) is 19.9 Å². The molecule has 0 bridgehead atoms. The lowest BCUT2D eigenvalue weighted by molar-refractivity contribution is 0.304. The third-order valence-electron chi connectivity index (χ3n) is 3.75. The summed E-state index contributed by atoms with van der Waals surface area (Å²) in [5, 5.41) is 7.81. The molecule has 0 aromatic carbocycles. The molecule has 0 atom stereocenters. The highest BCUT2D eigenvalue weighted by molar-refractivity contribution is 7.53. The molecule has 0 aliphatic rings. The second-order valence-electron chi connectivity index (χ2n) is 4.64. The van der Waals surface area contributed by atoms with Gasteiger partial charge in [-0.25, -0.2) is 4.98 Å². The Bertz CT molecular complexity index is 515. The van der Waals surface area contributed by atoms with E-state index < -0.39 is 12.8 Å². The van der Waals surface area contributed by atoms with Crippen molar-refractivity contribution in [3.63, 3.8) is 0 Å². The first-order valence-corrected chi connectivity index (χ1v) is 7.90. The van der Waals surface area contributed by atoms with E-state index in [9.17, 15) is 14.4 Å². The molecule has 1 rings (SSSR count). The molecule has 0 aliphatic carbocycles. The second-order valence-corrected chi connectivity index (χ2v) is 6.67. The van der Waals surface area contributed by atoms with Gasteiger partial charge < -0.3 is 9.79 Å². The molecule has 19 heavy (non-hydrogen) atoms. The van der Waals surface area contributed by atoms with Crippen molar-refractivity contribution in [2.24, 2.45) is 0 Å². The van der Waals surface area contributed by atoms with Gasteiger partial charge in [0.1, 0.15) is 11.8 Å². The Labute approximate surface area is 113 Å². The molecule has 1 heterocycles. The minimum absolute atomic E-state index is 0.326.